The van der Waals surface area contributed by atoms with Crippen molar-refractivity contribution in [1.82, 2.24) is 10.2 Å². The van der Waals surface area contributed by atoms with Gasteiger partial charge in [-0.2, -0.15) is 11.1 Å². The first-order chi connectivity index (χ1) is 6.65. The first-order valence-electron chi connectivity index (χ1n) is 4.93. The standard InChI is InChI=1S/C8H17ClN2O2Si/c1-7(14(9)6-12)2-4-11-5-3-10-8(11)13/h7,12,14H,2-6H2,1H3,(H,10,13). The van der Waals surface area contributed by atoms with Gasteiger partial charge in [-0.05, 0) is 12.0 Å². The lowest BCUT2D eigenvalue weighted by Crippen LogP contribution is -2.30. The van der Waals surface area contributed by atoms with Gasteiger partial charge in [-0.1, -0.05) is 6.92 Å². The van der Waals surface area contributed by atoms with Crippen molar-refractivity contribution in [1.29, 1.82) is 0 Å². The van der Waals surface area contributed by atoms with Crippen LogP contribution in [0.2, 0.25) is 5.54 Å². The molecule has 0 aromatic rings. The Morgan fingerprint density at radius 3 is 3.00 bits per heavy atom. The minimum absolute atomic E-state index is 0.0222. The van der Waals surface area contributed by atoms with E-state index in [4.69, 9.17) is 16.2 Å². The van der Waals surface area contributed by atoms with Gasteiger partial charge in [-0.3, -0.25) is 0 Å². The van der Waals surface area contributed by atoms with E-state index in [2.05, 4.69) is 5.32 Å². The number of hydrogen-bond donors (Lipinski definition) is 2. The number of nitrogens with one attached hydrogen (secondary N) is 1. The van der Waals surface area contributed by atoms with Gasteiger partial charge in [0, 0.05) is 25.9 Å². The van der Waals surface area contributed by atoms with Gasteiger partial charge < -0.3 is 15.3 Å². The van der Waals surface area contributed by atoms with Gasteiger partial charge in [0.15, 0.2) is 8.11 Å². The van der Waals surface area contributed by atoms with E-state index in [1.807, 2.05) is 6.92 Å². The molecular weight excluding hydrogens is 220 g/mol. The van der Waals surface area contributed by atoms with Crippen LogP contribution in [0.15, 0.2) is 0 Å². The fourth-order valence-electron chi connectivity index (χ4n) is 1.44. The molecule has 1 saturated heterocycles. The van der Waals surface area contributed by atoms with Crippen molar-refractivity contribution in [3.63, 3.8) is 0 Å². The lowest BCUT2D eigenvalue weighted by atomic mass is 10.3. The molecule has 2 amide bonds. The lowest BCUT2D eigenvalue weighted by molar-refractivity contribution is 0.216. The maximum Gasteiger partial charge on any atom is 0.317 e. The summed E-state index contributed by atoms with van der Waals surface area (Å²) in [7, 11) is -1.49. The summed E-state index contributed by atoms with van der Waals surface area (Å²) in [6, 6.07) is 0.0222. The Labute approximate surface area is 90.5 Å². The van der Waals surface area contributed by atoms with Gasteiger partial charge in [0.2, 0.25) is 0 Å². The van der Waals surface area contributed by atoms with Crippen LogP contribution in [0.4, 0.5) is 4.79 Å². The van der Waals surface area contributed by atoms with E-state index in [0.29, 0.717) is 5.54 Å². The molecule has 0 spiro atoms. The highest BCUT2D eigenvalue weighted by Gasteiger charge is 2.22. The molecule has 0 aliphatic carbocycles. The van der Waals surface area contributed by atoms with E-state index < -0.39 is 8.11 Å². The van der Waals surface area contributed by atoms with Crippen molar-refractivity contribution in [2.75, 3.05) is 25.9 Å². The first kappa shape index (κ1) is 11.8. The van der Waals surface area contributed by atoms with Crippen LogP contribution in [0.5, 0.6) is 0 Å². The fraction of sp³-hybridized carbons (Fsp3) is 0.875. The topological polar surface area (TPSA) is 52.6 Å². The van der Waals surface area contributed by atoms with Crippen LogP contribution in [0.1, 0.15) is 13.3 Å². The van der Waals surface area contributed by atoms with Crippen LogP contribution in [0.3, 0.4) is 0 Å². The predicted octanol–water partition coefficient (Wildman–Crippen LogP) is 0.286. The summed E-state index contributed by atoms with van der Waals surface area (Å²) in [5.74, 6) is 0. The molecule has 1 fully saturated rings. The van der Waals surface area contributed by atoms with E-state index in [0.717, 1.165) is 26.1 Å². The number of carbonyl (C=O) groups excluding carboxylic acids is 1. The third kappa shape index (κ3) is 3.15. The summed E-state index contributed by atoms with van der Waals surface area (Å²) in [4.78, 5) is 13.0. The number of nitrogens with zero attached hydrogens (tertiary/aromatic N) is 1. The molecule has 4 nitrogen and oxygen atoms in total. The molecule has 0 bridgehead atoms. The molecule has 1 rings (SSSR count). The second-order valence-electron chi connectivity index (χ2n) is 3.68. The first-order valence-corrected chi connectivity index (χ1v) is 8.15. The molecular formula is C8H17ClN2O2Si. The number of aliphatic hydroxyl groups is 1. The number of hydrogen-bond acceptors (Lipinski definition) is 2. The van der Waals surface area contributed by atoms with Crippen molar-refractivity contribution in [2.45, 2.75) is 18.9 Å². The van der Waals surface area contributed by atoms with Gasteiger partial charge >= 0.3 is 6.03 Å². The Morgan fingerprint density at radius 2 is 2.50 bits per heavy atom. The van der Waals surface area contributed by atoms with Crippen LogP contribution < -0.4 is 5.32 Å². The summed E-state index contributed by atoms with van der Waals surface area (Å²) >= 11 is 6.01. The third-order valence-electron chi connectivity index (χ3n) is 2.59. The highest BCUT2D eigenvalue weighted by atomic mass is 35.6. The summed E-state index contributed by atoms with van der Waals surface area (Å²) in [6.45, 7) is 4.34. The fourth-order valence-corrected chi connectivity index (χ4v) is 2.69. The van der Waals surface area contributed by atoms with Gasteiger partial charge in [0.25, 0.3) is 0 Å². The second-order valence-corrected chi connectivity index (χ2v) is 7.90. The molecule has 0 aromatic heterocycles. The normalized spacial score (nSPS) is 20.8. The molecule has 0 aromatic carbocycles. The molecule has 14 heavy (non-hydrogen) atoms. The molecule has 1 aliphatic heterocycles. The minimum atomic E-state index is -1.49. The predicted molar refractivity (Wildman–Crippen MR) is 59.1 cm³/mol. The SMILES string of the molecule is CC(CCN1CCNC1=O)[SiH](Cl)CO. The van der Waals surface area contributed by atoms with Gasteiger partial charge in [-0.15, -0.1) is 0 Å². The van der Waals surface area contributed by atoms with Gasteiger partial charge in [0.1, 0.15) is 0 Å². The smallest absolute Gasteiger partial charge is 0.317 e. The van der Waals surface area contributed by atoms with E-state index >= 15 is 0 Å². The Hall–Kier alpha value is -0.263. The highest BCUT2D eigenvalue weighted by Crippen LogP contribution is 2.17. The summed E-state index contributed by atoms with van der Waals surface area (Å²) in [5.41, 5.74) is 0.370. The zero-order chi connectivity index (χ0) is 10.6. The van der Waals surface area contributed by atoms with Crippen molar-refractivity contribution >= 4 is 25.2 Å². The van der Waals surface area contributed by atoms with Crippen LogP contribution in [0, 0.1) is 0 Å². The van der Waals surface area contributed by atoms with Crippen molar-refractivity contribution < 1.29 is 9.90 Å². The Morgan fingerprint density at radius 1 is 1.79 bits per heavy atom. The number of urea groups is 1. The number of rotatable bonds is 5. The van der Waals surface area contributed by atoms with Crippen LogP contribution >= 0.6 is 11.1 Å². The molecule has 2 unspecified atom stereocenters. The highest BCUT2D eigenvalue weighted by molar-refractivity contribution is 7.07. The summed E-state index contributed by atoms with van der Waals surface area (Å²) in [6.07, 6.45) is 1.03. The van der Waals surface area contributed by atoms with E-state index in [-0.39, 0.29) is 12.3 Å². The van der Waals surface area contributed by atoms with Crippen LogP contribution in [-0.2, 0) is 0 Å². The zero-order valence-electron chi connectivity index (χ0n) is 8.37. The average Bonchev–Trinajstić information content (AvgIpc) is 2.59. The van der Waals surface area contributed by atoms with E-state index in [1.54, 1.807) is 4.90 Å². The number of carbonyl (C=O) groups is 1. The molecule has 1 aliphatic rings. The minimum Gasteiger partial charge on any atom is -0.398 e. The van der Waals surface area contributed by atoms with Gasteiger partial charge in [0.05, 0.1) is 0 Å². The Bertz CT molecular complexity index is 206. The van der Waals surface area contributed by atoms with E-state index in [1.165, 1.54) is 0 Å². The third-order valence-corrected chi connectivity index (χ3v) is 6.21. The van der Waals surface area contributed by atoms with E-state index in [9.17, 15) is 4.79 Å². The molecule has 1 heterocycles. The maximum absolute atomic E-state index is 11.2. The number of amides is 2. The zero-order valence-corrected chi connectivity index (χ0v) is 10.3. The molecule has 82 valence electrons. The molecule has 2 N–H and O–H groups in total. The van der Waals surface area contributed by atoms with Gasteiger partial charge in [-0.25, -0.2) is 4.79 Å². The maximum atomic E-state index is 11.2. The van der Waals surface area contributed by atoms with Crippen molar-refractivity contribution in [3.8, 4) is 0 Å². The molecule has 0 radical (unpaired) electrons. The number of aliphatic hydroxyl groups excluding tert-OH is 1. The molecule has 6 heteroatoms. The van der Waals surface area contributed by atoms with Crippen LogP contribution in [0.25, 0.3) is 0 Å². The number of halogens is 1. The quantitative estimate of drug-likeness (QED) is 0.533. The molecule has 2 atom stereocenters. The van der Waals surface area contributed by atoms with Crippen molar-refractivity contribution in [3.05, 3.63) is 0 Å². The summed E-state index contributed by atoms with van der Waals surface area (Å²) < 4.78 is 0. The lowest BCUT2D eigenvalue weighted by Gasteiger charge is -2.18. The van der Waals surface area contributed by atoms with Crippen LogP contribution in [-0.4, -0.2) is 50.0 Å². The Kier molecular flexibility index (Phi) is 4.70. The largest absolute Gasteiger partial charge is 0.398 e. The monoisotopic (exact) mass is 236 g/mol. The summed E-state index contributed by atoms with van der Waals surface area (Å²) in [5, 5.41) is 11.6. The Balaban J connectivity index is 2.22. The average molecular weight is 237 g/mol. The van der Waals surface area contributed by atoms with Crippen molar-refractivity contribution in [2.24, 2.45) is 0 Å². The second kappa shape index (κ2) is 5.58. The molecule has 0 saturated carbocycles.